The molecule has 1 amide bonds. The molecule has 0 aromatic heterocycles. The molecule has 1 saturated carbocycles. The number of para-hydroxylation sites is 1. The quantitative estimate of drug-likeness (QED) is 0.769. The molecule has 3 N–H and O–H groups in total. The van der Waals surface area contributed by atoms with Crippen molar-refractivity contribution in [2.24, 2.45) is 5.92 Å². The smallest absolute Gasteiger partial charge is 0.225 e. The number of fused-ring (bicyclic) bond motifs is 1. The monoisotopic (exact) mass is 274 g/mol. The second-order valence-electron chi connectivity index (χ2n) is 5.95. The van der Waals surface area contributed by atoms with Gasteiger partial charge < -0.3 is 15.7 Å². The van der Waals surface area contributed by atoms with Crippen LogP contribution in [0.2, 0.25) is 0 Å². The Morgan fingerprint density at radius 1 is 1.20 bits per heavy atom. The summed E-state index contributed by atoms with van der Waals surface area (Å²) in [7, 11) is 0. The highest BCUT2D eigenvalue weighted by atomic mass is 16.3. The third-order valence-electron chi connectivity index (χ3n) is 4.44. The number of aliphatic hydroxyl groups is 1. The van der Waals surface area contributed by atoms with Gasteiger partial charge in [-0.3, -0.25) is 4.79 Å². The Bertz CT molecular complexity index is 481. The average Bonchev–Trinajstić information content (AvgIpc) is 2.49. The lowest BCUT2D eigenvalue weighted by molar-refractivity contribution is -0.125. The highest BCUT2D eigenvalue weighted by Gasteiger charge is 2.27. The fourth-order valence-corrected chi connectivity index (χ4v) is 3.17. The molecule has 0 bridgehead atoms. The summed E-state index contributed by atoms with van der Waals surface area (Å²) in [6.07, 6.45) is 4.02. The molecule has 1 fully saturated rings. The van der Waals surface area contributed by atoms with E-state index in [0.29, 0.717) is 6.54 Å². The molecule has 20 heavy (non-hydrogen) atoms. The molecule has 108 valence electrons. The zero-order chi connectivity index (χ0) is 13.9. The van der Waals surface area contributed by atoms with Gasteiger partial charge in [0.25, 0.3) is 0 Å². The zero-order valence-corrected chi connectivity index (χ0v) is 11.6. The van der Waals surface area contributed by atoms with Crippen LogP contribution in [-0.2, 0) is 11.2 Å². The number of amides is 1. The van der Waals surface area contributed by atoms with Gasteiger partial charge in [0.15, 0.2) is 0 Å². The predicted octanol–water partition coefficient (Wildman–Crippen LogP) is 1.69. The first-order valence-corrected chi connectivity index (χ1v) is 7.52. The molecule has 1 aromatic rings. The number of anilines is 1. The maximum absolute atomic E-state index is 12.3. The first-order valence-electron chi connectivity index (χ1n) is 7.52. The summed E-state index contributed by atoms with van der Waals surface area (Å²) in [6, 6.07) is 8.41. The number of nitrogens with one attached hydrogen (secondary N) is 2. The van der Waals surface area contributed by atoms with Crippen LogP contribution in [0.4, 0.5) is 5.69 Å². The minimum absolute atomic E-state index is 0.0109. The van der Waals surface area contributed by atoms with E-state index < -0.39 is 0 Å². The Balaban J connectivity index is 1.56. The number of rotatable bonds is 2. The molecule has 0 spiro atoms. The van der Waals surface area contributed by atoms with E-state index in [1.54, 1.807) is 0 Å². The fourth-order valence-electron chi connectivity index (χ4n) is 3.17. The molecular formula is C16H22N2O2. The zero-order valence-electron chi connectivity index (χ0n) is 11.6. The molecule has 4 heteroatoms. The van der Waals surface area contributed by atoms with E-state index in [-0.39, 0.29) is 24.0 Å². The largest absolute Gasteiger partial charge is 0.393 e. The molecule has 1 aromatic carbocycles. The van der Waals surface area contributed by atoms with E-state index in [9.17, 15) is 9.90 Å². The van der Waals surface area contributed by atoms with Gasteiger partial charge in [0.1, 0.15) is 0 Å². The lowest BCUT2D eigenvalue weighted by Gasteiger charge is -2.30. The molecule has 3 rings (SSSR count). The van der Waals surface area contributed by atoms with Crippen LogP contribution >= 0.6 is 0 Å². The molecule has 0 saturated heterocycles. The minimum atomic E-state index is -0.175. The van der Waals surface area contributed by atoms with Crippen molar-refractivity contribution in [3.63, 3.8) is 0 Å². The molecule has 1 aliphatic heterocycles. The van der Waals surface area contributed by atoms with Crippen LogP contribution in [0.1, 0.15) is 31.2 Å². The van der Waals surface area contributed by atoms with Crippen LogP contribution in [0.15, 0.2) is 24.3 Å². The van der Waals surface area contributed by atoms with Gasteiger partial charge in [-0.15, -0.1) is 0 Å². The van der Waals surface area contributed by atoms with Crippen molar-refractivity contribution in [2.45, 2.75) is 44.2 Å². The second kappa shape index (κ2) is 5.83. The molecule has 1 aliphatic carbocycles. The molecular weight excluding hydrogens is 252 g/mol. The second-order valence-corrected chi connectivity index (χ2v) is 5.95. The Morgan fingerprint density at radius 3 is 2.75 bits per heavy atom. The molecule has 1 unspecified atom stereocenters. The predicted molar refractivity (Wildman–Crippen MR) is 78.5 cm³/mol. The number of aliphatic hydroxyl groups excluding tert-OH is 1. The highest BCUT2D eigenvalue weighted by Crippen LogP contribution is 2.25. The first-order chi connectivity index (χ1) is 9.72. The highest BCUT2D eigenvalue weighted by molar-refractivity contribution is 5.81. The van der Waals surface area contributed by atoms with Gasteiger partial charge in [-0.25, -0.2) is 0 Å². The lowest BCUT2D eigenvalue weighted by Crippen LogP contribution is -2.44. The van der Waals surface area contributed by atoms with Crippen molar-refractivity contribution >= 4 is 11.6 Å². The van der Waals surface area contributed by atoms with Gasteiger partial charge in [-0.05, 0) is 43.7 Å². The lowest BCUT2D eigenvalue weighted by atomic mass is 9.90. The number of hydrogen-bond donors (Lipinski definition) is 3. The standard InChI is InChI=1S/C16H22N2O2/c19-14-7-5-13(6-8-14)18-16(20)12-9-11-3-1-2-4-15(11)17-10-12/h1-4,12-14,17,19H,5-10H2,(H,18,20). The third kappa shape index (κ3) is 2.96. The maximum Gasteiger partial charge on any atom is 0.225 e. The van der Waals surface area contributed by atoms with Crippen molar-refractivity contribution in [3.05, 3.63) is 29.8 Å². The van der Waals surface area contributed by atoms with Crippen LogP contribution in [0, 0.1) is 5.92 Å². The van der Waals surface area contributed by atoms with Crippen molar-refractivity contribution in [3.8, 4) is 0 Å². The molecule has 4 nitrogen and oxygen atoms in total. The van der Waals surface area contributed by atoms with Gasteiger partial charge >= 0.3 is 0 Å². The maximum atomic E-state index is 12.3. The summed E-state index contributed by atoms with van der Waals surface area (Å²) in [5, 5.41) is 16.0. The summed E-state index contributed by atoms with van der Waals surface area (Å²) >= 11 is 0. The Hall–Kier alpha value is -1.55. The molecule has 1 heterocycles. The Kier molecular flexibility index (Phi) is 3.92. The summed E-state index contributed by atoms with van der Waals surface area (Å²) in [6.45, 7) is 0.707. The van der Waals surface area contributed by atoms with Crippen LogP contribution in [0.3, 0.4) is 0 Å². The molecule has 1 atom stereocenters. The van der Waals surface area contributed by atoms with Crippen molar-refractivity contribution in [1.82, 2.24) is 5.32 Å². The summed E-state index contributed by atoms with van der Waals surface area (Å²) in [5.41, 5.74) is 2.37. The van der Waals surface area contributed by atoms with Crippen LogP contribution in [-0.4, -0.2) is 29.7 Å². The van der Waals surface area contributed by atoms with Crippen molar-refractivity contribution < 1.29 is 9.90 Å². The van der Waals surface area contributed by atoms with Gasteiger partial charge in [0.2, 0.25) is 5.91 Å². The van der Waals surface area contributed by atoms with Crippen molar-refractivity contribution in [1.29, 1.82) is 0 Å². The van der Waals surface area contributed by atoms with Gasteiger partial charge in [0, 0.05) is 18.3 Å². The Morgan fingerprint density at radius 2 is 1.95 bits per heavy atom. The average molecular weight is 274 g/mol. The van der Waals surface area contributed by atoms with E-state index >= 15 is 0 Å². The SMILES string of the molecule is O=C(NC1CCC(O)CC1)C1CNc2ccccc2C1. The summed E-state index contributed by atoms with van der Waals surface area (Å²) in [4.78, 5) is 12.3. The molecule has 0 radical (unpaired) electrons. The summed E-state index contributed by atoms with van der Waals surface area (Å²) in [5.74, 6) is 0.158. The minimum Gasteiger partial charge on any atom is -0.393 e. The van der Waals surface area contributed by atoms with Crippen LogP contribution in [0.5, 0.6) is 0 Å². The topological polar surface area (TPSA) is 61.4 Å². The van der Waals surface area contributed by atoms with Crippen LogP contribution < -0.4 is 10.6 Å². The van der Waals surface area contributed by atoms with E-state index in [1.807, 2.05) is 12.1 Å². The number of hydrogen-bond acceptors (Lipinski definition) is 3. The van der Waals surface area contributed by atoms with Gasteiger partial charge in [-0.2, -0.15) is 0 Å². The van der Waals surface area contributed by atoms with Crippen molar-refractivity contribution in [2.75, 3.05) is 11.9 Å². The number of carbonyl (C=O) groups excluding carboxylic acids is 1. The summed E-state index contributed by atoms with van der Waals surface area (Å²) < 4.78 is 0. The van der Waals surface area contributed by atoms with Gasteiger partial charge in [-0.1, -0.05) is 18.2 Å². The van der Waals surface area contributed by atoms with E-state index in [1.165, 1.54) is 5.56 Å². The third-order valence-corrected chi connectivity index (χ3v) is 4.44. The first kappa shape index (κ1) is 13.4. The normalized spacial score (nSPS) is 29.1. The molecule has 2 aliphatic rings. The van der Waals surface area contributed by atoms with E-state index in [0.717, 1.165) is 37.8 Å². The number of benzene rings is 1. The van der Waals surface area contributed by atoms with Gasteiger partial charge in [0.05, 0.1) is 12.0 Å². The number of carbonyl (C=O) groups is 1. The van der Waals surface area contributed by atoms with E-state index in [4.69, 9.17) is 0 Å². The van der Waals surface area contributed by atoms with Crippen LogP contribution in [0.25, 0.3) is 0 Å². The fraction of sp³-hybridized carbons (Fsp3) is 0.562. The Labute approximate surface area is 119 Å². The van der Waals surface area contributed by atoms with E-state index in [2.05, 4.69) is 22.8 Å².